The average Bonchev–Trinajstić information content (AvgIpc) is 3.28. The van der Waals surface area contributed by atoms with Crippen molar-refractivity contribution >= 4 is 17.2 Å². The molecule has 0 spiro atoms. The summed E-state index contributed by atoms with van der Waals surface area (Å²) in [6.07, 6.45) is 9.98. The van der Waals surface area contributed by atoms with Gasteiger partial charge in [0.15, 0.2) is 0 Å². The van der Waals surface area contributed by atoms with Crippen LogP contribution in [-0.2, 0) is 17.8 Å². The minimum absolute atomic E-state index is 0.212. The maximum Gasteiger partial charge on any atom is 0.227 e. The van der Waals surface area contributed by atoms with Gasteiger partial charge in [-0.3, -0.25) is 9.78 Å². The zero-order valence-electron chi connectivity index (χ0n) is 16.3. The van der Waals surface area contributed by atoms with Crippen molar-refractivity contribution in [2.75, 3.05) is 13.1 Å². The Kier molecular flexibility index (Phi) is 5.52. The van der Waals surface area contributed by atoms with Crippen molar-refractivity contribution in [1.82, 2.24) is 24.4 Å². The van der Waals surface area contributed by atoms with E-state index < -0.39 is 0 Å². The summed E-state index contributed by atoms with van der Waals surface area (Å²) in [7, 11) is 0. The second-order valence-electron chi connectivity index (χ2n) is 7.35. The van der Waals surface area contributed by atoms with E-state index in [2.05, 4.69) is 25.6 Å². The summed E-state index contributed by atoms with van der Waals surface area (Å²) in [5.41, 5.74) is 2.16. The van der Waals surface area contributed by atoms with Crippen molar-refractivity contribution in [3.8, 4) is 0 Å². The van der Waals surface area contributed by atoms with Gasteiger partial charge in [0, 0.05) is 48.7 Å². The molecule has 0 saturated carbocycles. The van der Waals surface area contributed by atoms with E-state index >= 15 is 0 Å². The van der Waals surface area contributed by atoms with Crippen LogP contribution in [0.4, 0.5) is 0 Å². The van der Waals surface area contributed by atoms with Crippen molar-refractivity contribution in [3.63, 3.8) is 0 Å². The van der Waals surface area contributed by atoms with Crippen molar-refractivity contribution in [2.24, 2.45) is 0 Å². The maximum atomic E-state index is 12.7. The summed E-state index contributed by atoms with van der Waals surface area (Å²) in [5.74, 6) is 1.72. The lowest BCUT2D eigenvalue weighted by atomic mass is 9.95. The molecule has 1 saturated heterocycles. The number of nitrogens with zero attached hydrogens (tertiary/aromatic N) is 5. The van der Waals surface area contributed by atoms with Gasteiger partial charge in [-0.1, -0.05) is 6.07 Å². The van der Waals surface area contributed by atoms with Crippen LogP contribution in [0, 0.1) is 13.8 Å². The van der Waals surface area contributed by atoms with E-state index in [9.17, 15) is 4.79 Å². The molecule has 4 rings (SSSR count). The van der Waals surface area contributed by atoms with Crippen LogP contribution in [0.25, 0.3) is 0 Å². The van der Waals surface area contributed by atoms with Gasteiger partial charge in [-0.25, -0.2) is 9.97 Å². The number of hydrogen-bond donors (Lipinski definition) is 0. The fraction of sp³-hybridized carbons (Fsp3) is 0.429. The number of aryl methyl sites for hydroxylation is 2. The predicted octanol–water partition coefficient (Wildman–Crippen LogP) is 3.35. The minimum atomic E-state index is 0.212. The minimum Gasteiger partial charge on any atom is -0.342 e. The number of carbonyl (C=O) groups is 1. The molecule has 1 aliphatic heterocycles. The second kappa shape index (κ2) is 8.22. The molecule has 146 valence electrons. The van der Waals surface area contributed by atoms with Gasteiger partial charge in [0.25, 0.3) is 0 Å². The quantitative estimate of drug-likeness (QED) is 0.665. The highest BCUT2D eigenvalue weighted by molar-refractivity contribution is 7.11. The zero-order chi connectivity index (χ0) is 19.5. The van der Waals surface area contributed by atoms with Crippen LogP contribution in [0.5, 0.6) is 0 Å². The molecule has 4 heterocycles. The summed E-state index contributed by atoms with van der Waals surface area (Å²) in [6.45, 7) is 6.34. The molecule has 0 unspecified atom stereocenters. The Labute approximate surface area is 169 Å². The Morgan fingerprint density at radius 2 is 2.07 bits per heavy atom. The van der Waals surface area contributed by atoms with Gasteiger partial charge >= 0.3 is 0 Å². The third kappa shape index (κ3) is 4.14. The van der Waals surface area contributed by atoms with Gasteiger partial charge in [-0.15, -0.1) is 11.3 Å². The largest absolute Gasteiger partial charge is 0.342 e. The van der Waals surface area contributed by atoms with Gasteiger partial charge in [-0.2, -0.15) is 0 Å². The highest BCUT2D eigenvalue weighted by Gasteiger charge is 2.27. The molecule has 3 aromatic heterocycles. The molecule has 0 aromatic carbocycles. The fourth-order valence-corrected chi connectivity index (χ4v) is 4.80. The van der Waals surface area contributed by atoms with Gasteiger partial charge in [0.05, 0.1) is 23.7 Å². The Bertz CT molecular complexity index is 941. The number of pyridine rings is 1. The number of likely N-dealkylation sites (tertiary alicyclic amines) is 1. The molecule has 0 radical (unpaired) electrons. The monoisotopic (exact) mass is 395 g/mol. The van der Waals surface area contributed by atoms with Crippen LogP contribution in [0.15, 0.2) is 36.9 Å². The molecule has 0 bridgehead atoms. The van der Waals surface area contributed by atoms with E-state index in [1.54, 1.807) is 17.5 Å². The lowest BCUT2D eigenvalue weighted by molar-refractivity contribution is -0.131. The third-order valence-electron chi connectivity index (χ3n) is 5.35. The average molecular weight is 396 g/mol. The number of piperidine rings is 1. The van der Waals surface area contributed by atoms with Crippen LogP contribution in [-0.4, -0.2) is 43.4 Å². The molecular weight excluding hydrogens is 370 g/mol. The first-order chi connectivity index (χ1) is 13.6. The Balaban J connectivity index is 1.36. The van der Waals surface area contributed by atoms with E-state index in [1.807, 2.05) is 43.4 Å². The van der Waals surface area contributed by atoms with Gasteiger partial charge in [-0.05, 0) is 38.3 Å². The van der Waals surface area contributed by atoms with Crippen LogP contribution in [0.2, 0.25) is 0 Å². The Morgan fingerprint density at radius 1 is 1.25 bits per heavy atom. The van der Waals surface area contributed by atoms with Crippen LogP contribution in [0.1, 0.15) is 45.7 Å². The molecule has 3 aromatic rings. The molecule has 1 fully saturated rings. The zero-order valence-corrected chi connectivity index (χ0v) is 17.2. The smallest absolute Gasteiger partial charge is 0.227 e. The highest BCUT2D eigenvalue weighted by atomic mass is 32.1. The third-order valence-corrected chi connectivity index (χ3v) is 6.42. The van der Waals surface area contributed by atoms with Crippen molar-refractivity contribution in [3.05, 3.63) is 63.9 Å². The van der Waals surface area contributed by atoms with E-state index in [0.717, 1.165) is 53.9 Å². The van der Waals surface area contributed by atoms with Gasteiger partial charge in [0.2, 0.25) is 5.91 Å². The van der Waals surface area contributed by atoms with E-state index in [1.165, 1.54) is 5.56 Å². The highest BCUT2D eigenvalue weighted by Crippen LogP contribution is 2.28. The Hall–Kier alpha value is -2.54. The predicted molar refractivity (Wildman–Crippen MR) is 109 cm³/mol. The van der Waals surface area contributed by atoms with Crippen LogP contribution < -0.4 is 0 Å². The number of hydrogen-bond acceptors (Lipinski definition) is 5. The topological polar surface area (TPSA) is 63.9 Å². The van der Waals surface area contributed by atoms with Crippen molar-refractivity contribution in [2.45, 2.75) is 45.6 Å². The van der Waals surface area contributed by atoms with Crippen molar-refractivity contribution < 1.29 is 4.79 Å². The summed E-state index contributed by atoms with van der Waals surface area (Å²) < 4.78 is 2.21. The molecule has 7 heteroatoms. The second-order valence-corrected chi connectivity index (χ2v) is 8.64. The van der Waals surface area contributed by atoms with E-state index in [0.29, 0.717) is 12.3 Å². The van der Waals surface area contributed by atoms with Crippen LogP contribution in [0.3, 0.4) is 0 Å². The molecule has 0 atom stereocenters. The first-order valence-electron chi connectivity index (χ1n) is 9.71. The van der Waals surface area contributed by atoms with Crippen LogP contribution >= 0.6 is 11.3 Å². The molecular formula is C21H25N5OS. The number of thiazole rings is 1. The molecule has 1 aliphatic rings. The number of amides is 1. The van der Waals surface area contributed by atoms with Gasteiger partial charge in [0.1, 0.15) is 5.82 Å². The number of rotatable bonds is 5. The number of carbonyl (C=O) groups excluding carboxylic acids is 1. The first kappa shape index (κ1) is 18.8. The maximum absolute atomic E-state index is 12.7. The van der Waals surface area contributed by atoms with Gasteiger partial charge < -0.3 is 9.47 Å². The summed E-state index contributed by atoms with van der Waals surface area (Å²) >= 11 is 1.63. The van der Waals surface area contributed by atoms with E-state index in [-0.39, 0.29) is 5.91 Å². The summed E-state index contributed by atoms with van der Waals surface area (Å²) in [4.78, 5) is 29.1. The normalized spacial score (nSPS) is 15.1. The molecule has 6 nitrogen and oxygen atoms in total. The molecule has 0 N–H and O–H groups in total. The number of imidazole rings is 1. The fourth-order valence-electron chi connectivity index (χ4n) is 3.88. The summed E-state index contributed by atoms with van der Waals surface area (Å²) in [5, 5.41) is 1.03. The standard InChI is InChI=1S/C21H25N5OS/c1-15-19(28-16(2)24-15)12-20(27)25-9-5-18(6-10-25)21-23-8-11-26(21)14-17-4-3-7-22-13-17/h3-4,7-8,11,13,18H,5-6,9-10,12,14H2,1-2H3. The molecule has 28 heavy (non-hydrogen) atoms. The lowest BCUT2D eigenvalue weighted by Crippen LogP contribution is -2.39. The SMILES string of the molecule is Cc1nc(C)c(CC(=O)N2CCC(c3nccn3Cc3cccnc3)CC2)s1. The summed E-state index contributed by atoms with van der Waals surface area (Å²) in [6, 6.07) is 4.05. The number of aromatic nitrogens is 4. The van der Waals surface area contributed by atoms with E-state index in [4.69, 9.17) is 0 Å². The lowest BCUT2D eigenvalue weighted by Gasteiger charge is -2.32. The van der Waals surface area contributed by atoms with Crippen molar-refractivity contribution in [1.29, 1.82) is 0 Å². The molecule has 1 amide bonds. The first-order valence-corrected chi connectivity index (χ1v) is 10.5. The molecule has 0 aliphatic carbocycles. The Morgan fingerprint density at radius 3 is 2.75 bits per heavy atom.